The summed E-state index contributed by atoms with van der Waals surface area (Å²) in [7, 11) is 0. The molecule has 22 heavy (non-hydrogen) atoms. The number of carbonyl (C=O) groups excluding carboxylic acids is 1. The fourth-order valence-electron chi connectivity index (χ4n) is 1.97. The number of urea groups is 1. The van der Waals surface area contributed by atoms with Gasteiger partial charge in [-0.05, 0) is 37.1 Å². The number of benzene rings is 1. The Balaban J connectivity index is 1.72. The molecule has 0 bridgehead atoms. The van der Waals surface area contributed by atoms with E-state index in [9.17, 15) is 13.6 Å². The highest BCUT2D eigenvalue weighted by Crippen LogP contribution is 2.09. The van der Waals surface area contributed by atoms with Crippen LogP contribution >= 0.6 is 0 Å². The normalized spacial score (nSPS) is 12.0. The van der Waals surface area contributed by atoms with Gasteiger partial charge in [0, 0.05) is 12.6 Å². The number of carbonyl (C=O) groups is 1. The highest BCUT2D eigenvalue weighted by Gasteiger charge is 2.09. The lowest BCUT2D eigenvalue weighted by Gasteiger charge is -2.14. The van der Waals surface area contributed by atoms with E-state index in [0.717, 1.165) is 18.2 Å². The summed E-state index contributed by atoms with van der Waals surface area (Å²) in [6.07, 6.45) is 3.19. The van der Waals surface area contributed by atoms with Crippen LogP contribution in [-0.2, 0) is 13.0 Å². The van der Waals surface area contributed by atoms with Crippen LogP contribution in [0.3, 0.4) is 0 Å². The van der Waals surface area contributed by atoms with E-state index in [1.807, 2.05) is 6.92 Å². The van der Waals surface area contributed by atoms with Crippen LogP contribution in [-0.4, -0.2) is 33.4 Å². The Labute approximate surface area is 126 Å². The summed E-state index contributed by atoms with van der Waals surface area (Å²) in [4.78, 5) is 15.5. The largest absolute Gasteiger partial charge is 0.338 e. The van der Waals surface area contributed by atoms with Gasteiger partial charge in [-0.2, -0.15) is 5.10 Å². The number of nitrogens with one attached hydrogen (secondary N) is 2. The minimum absolute atomic E-state index is 0.146. The lowest BCUT2D eigenvalue weighted by molar-refractivity contribution is 0.236. The Morgan fingerprint density at radius 1 is 1.41 bits per heavy atom. The second-order valence-corrected chi connectivity index (χ2v) is 4.90. The number of halogens is 2. The number of nitrogens with zero attached hydrogens (tertiary/aromatic N) is 3. The maximum Gasteiger partial charge on any atom is 0.315 e. The summed E-state index contributed by atoms with van der Waals surface area (Å²) >= 11 is 0. The predicted molar refractivity (Wildman–Crippen MR) is 76.1 cm³/mol. The molecule has 0 aliphatic heterocycles. The summed E-state index contributed by atoms with van der Waals surface area (Å²) < 4.78 is 28.0. The SMILES string of the molecule is C[C@@H](Cn1cncn1)NC(=O)NCCc1cc(F)ccc1F. The molecule has 1 aromatic carbocycles. The molecule has 0 unspecified atom stereocenters. The van der Waals surface area contributed by atoms with Crippen molar-refractivity contribution in [2.45, 2.75) is 25.9 Å². The number of rotatable bonds is 6. The number of amides is 2. The zero-order valence-corrected chi connectivity index (χ0v) is 12.1. The zero-order valence-electron chi connectivity index (χ0n) is 12.1. The molecule has 2 amide bonds. The van der Waals surface area contributed by atoms with E-state index in [1.54, 1.807) is 11.0 Å². The van der Waals surface area contributed by atoms with Crippen molar-refractivity contribution in [2.24, 2.45) is 0 Å². The maximum atomic E-state index is 13.4. The lowest BCUT2D eigenvalue weighted by atomic mass is 10.1. The van der Waals surface area contributed by atoms with Crippen LogP contribution < -0.4 is 10.6 Å². The molecule has 0 aliphatic rings. The van der Waals surface area contributed by atoms with Crippen molar-refractivity contribution in [3.05, 3.63) is 48.1 Å². The average Bonchev–Trinajstić information content (AvgIpc) is 2.95. The molecule has 2 aromatic rings. The number of hydrogen-bond donors (Lipinski definition) is 2. The molecule has 8 heteroatoms. The Morgan fingerprint density at radius 3 is 2.95 bits per heavy atom. The van der Waals surface area contributed by atoms with Gasteiger partial charge in [0.2, 0.25) is 0 Å². The van der Waals surface area contributed by atoms with Gasteiger partial charge in [0.15, 0.2) is 0 Å². The van der Waals surface area contributed by atoms with Crippen LogP contribution in [0.1, 0.15) is 12.5 Å². The maximum absolute atomic E-state index is 13.4. The Morgan fingerprint density at radius 2 is 2.23 bits per heavy atom. The van der Waals surface area contributed by atoms with Crippen molar-refractivity contribution >= 4 is 6.03 Å². The second-order valence-electron chi connectivity index (χ2n) is 4.90. The minimum atomic E-state index is -0.498. The second kappa shape index (κ2) is 7.48. The van der Waals surface area contributed by atoms with Crippen LogP contribution in [0, 0.1) is 11.6 Å². The zero-order chi connectivity index (χ0) is 15.9. The van der Waals surface area contributed by atoms with Gasteiger partial charge in [0.25, 0.3) is 0 Å². The first-order valence-electron chi connectivity index (χ1n) is 6.85. The van der Waals surface area contributed by atoms with Crippen LogP contribution in [0.2, 0.25) is 0 Å². The molecule has 118 valence electrons. The first-order chi connectivity index (χ1) is 10.5. The van der Waals surface area contributed by atoms with Gasteiger partial charge in [-0.25, -0.2) is 18.6 Å². The van der Waals surface area contributed by atoms with Gasteiger partial charge >= 0.3 is 6.03 Å². The smallest absolute Gasteiger partial charge is 0.315 e. The molecular weight excluding hydrogens is 292 g/mol. The van der Waals surface area contributed by atoms with Crippen LogP contribution in [0.25, 0.3) is 0 Å². The van der Waals surface area contributed by atoms with E-state index in [-0.39, 0.29) is 30.6 Å². The van der Waals surface area contributed by atoms with Crippen molar-refractivity contribution in [3.8, 4) is 0 Å². The fraction of sp³-hybridized carbons (Fsp3) is 0.357. The van der Waals surface area contributed by atoms with Crippen molar-refractivity contribution < 1.29 is 13.6 Å². The van der Waals surface area contributed by atoms with Gasteiger partial charge in [-0.15, -0.1) is 0 Å². The summed E-state index contributed by atoms with van der Waals surface area (Å²) in [5.41, 5.74) is 0.232. The third kappa shape index (κ3) is 4.80. The average molecular weight is 309 g/mol. The summed E-state index contributed by atoms with van der Waals surface area (Å²) in [5.74, 6) is -0.981. The molecule has 0 saturated heterocycles. The molecule has 2 N–H and O–H groups in total. The van der Waals surface area contributed by atoms with E-state index < -0.39 is 11.6 Å². The van der Waals surface area contributed by atoms with Gasteiger partial charge in [-0.3, -0.25) is 4.68 Å². The van der Waals surface area contributed by atoms with Crippen molar-refractivity contribution in [2.75, 3.05) is 6.54 Å². The molecule has 2 rings (SSSR count). The highest BCUT2D eigenvalue weighted by atomic mass is 19.1. The first-order valence-corrected chi connectivity index (χ1v) is 6.85. The first kappa shape index (κ1) is 15.9. The van der Waals surface area contributed by atoms with Crippen molar-refractivity contribution in [1.82, 2.24) is 25.4 Å². The van der Waals surface area contributed by atoms with Gasteiger partial charge in [0.05, 0.1) is 6.54 Å². The molecule has 0 spiro atoms. The highest BCUT2D eigenvalue weighted by molar-refractivity contribution is 5.74. The summed E-state index contributed by atoms with van der Waals surface area (Å²) in [5, 5.41) is 9.27. The van der Waals surface area contributed by atoms with Crippen LogP contribution in [0.5, 0.6) is 0 Å². The van der Waals surface area contributed by atoms with E-state index in [2.05, 4.69) is 20.7 Å². The quantitative estimate of drug-likeness (QED) is 0.849. The predicted octanol–water partition coefficient (Wildman–Crippen LogP) is 1.49. The van der Waals surface area contributed by atoms with Gasteiger partial charge in [0.1, 0.15) is 24.3 Å². The number of hydrogen-bond acceptors (Lipinski definition) is 3. The molecule has 1 aromatic heterocycles. The van der Waals surface area contributed by atoms with Crippen molar-refractivity contribution in [1.29, 1.82) is 0 Å². The van der Waals surface area contributed by atoms with Crippen LogP contribution in [0.15, 0.2) is 30.9 Å². The van der Waals surface area contributed by atoms with Crippen molar-refractivity contribution in [3.63, 3.8) is 0 Å². The van der Waals surface area contributed by atoms with E-state index >= 15 is 0 Å². The molecule has 1 atom stereocenters. The molecule has 6 nitrogen and oxygen atoms in total. The van der Waals surface area contributed by atoms with E-state index in [0.29, 0.717) is 6.54 Å². The molecular formula is C14H17F2N5O. The summed E-state index contributed by atoms with van der Waals surface area (Å²) in [6.45, 7) is 2.53. The molecule has 1 heterocycles. The van der Waals surface area contributed by atoms with E-state index in [1.165, 1.54) is 6.33 Å². The standard InChI is InChI=1S/C14H17F2N5O/c1-10(7-21-9-17-8-19-21)20-14(22)18-5-4-11-6-12(15)2-3-13(11)16/h2-3,6,8-10H,4-5,7H2,1H3,(H2,18,20,22)/t10-/m0/s1. The van der Waals surface area contributed by atoms with E-state index in [4.69, 9.17) is 0 Å². The van der Waals surface area contributed by atoms with Crippen LogP contribution in [0.4, 0.5) is 13.6 Å². The Bertz CT molecular complexity index is 618. The topological polar surface area (TPSA) is 71.8 Å². The monoisotopic (exact) mass is 309 g/mol. The third-order valence-electron chi connectivity index (χ3n) is 2.99. The third-order valence-corrected chi connectivity index (χ3v) is 2.99. The fourth-order valence-corrected chi connectivity index (χ4v) is 1.97. The molecule has 0 aliphatic carbocycles. The minimum Gasteiger partial charge on any atom is -0.338 e. The van der Waals surface area contributed by atoms with Gasteiger partial charge in [-0.1, -0.05) is 0 Å². The number of aromatic nitrogens is 3. The van der Waals surface area contributed by atoms with Gasteiger partial charge < -0.3 is 10.6 Å². The summed E-state index contributed by atoms with van der Waals surface area (Å²) in [6, 6.07) is 2.75. The Hall–Kier alpha value is -2.51. The Kier molecular flexibility index (Phi) is 5.40. The lowest BCUT2D eigenvalue weighted by Crippen LogP contribution is -2.43. The molecule has 0 fully saturated rings. The molecule has 0 radical (unpaired) electrons. The molecule has 0 saturated carbocycles.